The fourth-order valence-corrected chi connectivity index (χ4v) is 2.30. The van der Waals surface area contributed by atoms with E-state index in [-0.39, 0.29) is 11.9 Å². The van der Waals surface area contributed by atoms with Crippen LogP contribution in [0.4, 0.5) is 0 Å². The highest BCUT2D eigenvalue weighted by molar-refractivity contribution is 5.94. The number of nitrogens with zero attached hydrogens (tertiary/aromatic N) is 1. The van der Waals surface area contributed by atoms with E-state index in [1.807, 2.05) is 29.2 Å². The smallest absolute Gasteiger partial charge is 0.254 e. The molecule has 17 heavy (non-hydrogen) atoms. The number of amides is 1. The molecule has 1 atom stereocenters. The van der Waals surface area contributed by atoms with Gasteiger partial charge in [0.05, 0.1) is 0 Å². The standard InChI is InChI=1S/C13H19N3O/c14-8-10-3-5-11(6-4-10)13(17)16-7-1-2-12(16)9-15/h3-6,12H,1-2,7-9,14-15H2/t12-/m1/s1. The van der Waals surface area contributed by atoms with Crippen LogP contribution in [0, 0.1) is 0 Å². The summed E-state index contributed by atoms with van der Waals surface area (Å²) in [6.07, 6.45) is 2.07. The van der Waals surface area contributed by atoms with E-state index in [1.54, 1.807) is 0 Å². The van der Waals surface area contributed by atoms with E-state index in [2.05, 4.69) is 0 Å². The number of benzene rings is 1. The number of nitrogens with two attached hydrogens (primary N) is 2. The molecule has 1 heterocycles. The number of hydrogen-bond acceptors (Lipinski definition) is 3. The van der Waals surface area contributed by atoms with Gasteiger partial charge in [0.2, 0.25) is 0 Å². The molecule has 4 heteroatoms. The average molecular weight is 233 g/mol. The van der Waals surface area contributed by atoms with Gasteiger partial charge < -0.3 is 16.4 Å². The van der Waals surface area contributed by atoms with E-state index >= 15 is 0 Å². The second-order valence-electron chi connectivity index (χ2n) is 4.43. The van der Waals surface area contributed by atoms with Crippen LogP contribution in [-0.4, -0.2) is 29.9 Å². The second kappa shape index (κ2) is 5.29. The molecule has 0 spiro atoms. The minimum Gasteiger partial charge on any atom is -0.334 e. The van der Waals surface area contributed by atoms with Crippen molar-refractivity contribution in [1.29, 1.82) is 0 Å². The fraction of sp³-hybridized carbons (Fsp3) is 0.462. The number of rotatable bonds is 3. The molecule has 0 radical (unpaired) electrons. The lowest BCUT2D eigenvalue weighted by atomic mass is 10.1. The summed E-state index contributed by atoms with van der Waals surface area (Å²) in [4.78, 5) is 14.1. The molecule has 0 unspecified atom stereocenters. The monoisotopic (exact) mass is 233 g/mol. The van der Waals surface area contributed by atoms with Crippen LogP contribution < -0.4 is 11.5 Å². The molecule has 1 aliphatic rings. The first kappa shape index (κ1) is 12.1. The van der Waals surface area contributed by atoms with Crippen molar-refractivity contribution in [2.75, 3.05) is 13.1 Å². The summed E-state index contributed by atoms with van der Waals surface area (Å²) in [6.45, 7) is 1.87. The second-order valence-corrected chi connectivity index (χ2v) is 4.43. The molecule has 1 saturated heterocycles. The average Bonchev–Trinajstić information content (AvgIpc) is 2.86. The van der Waals surface area contributed by atoms with E-state index < -0.39 is 0 Å². The Morgan fingerprint density at radius 1 is 1.29 bits per heavy atom. The number of carbonyl (C=O) groups is 1. The van der Waals surface area contributed by atoms with Crippen LogP contribution in [0.1, 0.15) is 28.8 Å². The van der Waals surface area contributed by atoms with Gasteiger partial charge in [-0.15, -0.1) is 0 Å². The van der Waals surface area contributed by atoms with Crippen molar-refractivity contribution < 1.29 is 4.79 Å². The maximum atomic E-state index is 12.3. The normalized spacial score (nSPS) is 19.6. The Kier molecular flexibility index (Phi) is 3.76. The minimum absolute atomic E-state index is 0.0847. The lowest BCUT2D eigenvalue weighted by Gasteiger charge is -2.23. The summed E-state index contributed by atoms with van der Waals surface area (Å²) in [5, 5.41) is 0. The van der Waals surface area contributed by atoms with Crippen LogP contribution in [0.5, 0.6) is 0 Å². The van der Waals surface area contributed by atoms with Crippen LogP contribution in [0.25, 0.3) is 0 Å². The molecule has 1 aromatic carbocycles. The fourth-order valence-electron chi connectivity index (χ4n) is 2.30. The van der Waals surface area contributed by atoms with Crippen molar-refractivity contribution in [1.82, 2.24) is 4.90 Å². The minimum atomic E-state index is 0.0847. The molecule has 0 bridgehead atoms. The zero-order chi connectivity index (χ0) is 12.3. The number of carbonyl (C=O) groups excluding carboxylic acids is 1. The van der Waals surface area contributed by atoms with Gasteiger partial charge in [-0.1, -0.05) is 12.1 Å². The number of hydrogen-bond donors (Lipinski definition) is 2. The molecule has 0 aromatic heterocycles. The van der Waals surface area contributed by atoms with Gasteiger partial charge in [-0.05, 0) is 30.5 Å². The lowest BCUT2D eigenvalue weighted by Crippen LogP contribution is -2.39. The van der Waals surface area contributed by atoms with Gasteiger partial charge in [0.25, 0.3) is 5.91 Å². The highest BCUT2D eigenvalue weighted by Crippen LogP contribution is 2.19. The first-order chi connectivity index (χ1) is 8.26. The Hall–Kier alpha value is -1.39. The predicted molar refractivity (Wildman–Crippen MR) is 67.4 cm³/mol. The summed E-state index contributed by atoms with van der Waals surface area (Å²) < 4.78 is 0. The van der Waals surface area contributed by atoms with E-state index in [0.29, 0.717) is 13.1 Å². The van der Waals surface area contributed by atoms with Crippen molar-refractivity contribution in [3.05, 3.63) is 35.4 Å². The van der Waals surface area contributed by atoms with Crippen molar-refractivity contribution in [2.45, 2.75) is 25.4 Å². The Morgan fingerprint density at radius 2 is 2.00 bits per heavy atom. The summed E-state index contributed by atoms with van der Waals surface area (Å²) in [6, 6.07) is 7.70. The van der Waals surface area contributed by atoms with E-state index in [1.165, 1.54) is 0 Å². The van der Waals surface area contributed by atoms with E-state index in [9.17, 15) is 4.79 Å². The highest BCUT2D eigenvalue weighted by Gasteiger charge is 2.27. The van der Waals surface area contributed by atoms with Crippen LogP contribution in [-0.2, 0) is 6.54 Å². The zero-order valence-electron chi connectivity index (χ0n) is 9.93. The maximum Gasteiger partial charge on any atom is 0.254 e. The van der Waals surface area contributed by atoms with E-state index in [0.717, 1.165) is 30.5 Å². The third kappa shape index (κ3) is 2.48. The molecule has 4 N–H and O–H groups in total. The molecule has 2 rings (SSSR count). The van der Waals surface area contributed by atoms with Crippen LogP contribution >= 0.6 is 0 Å². The zero-order valence-corrected chi connectivity index (χ0v) is 9.93. The van der Waals surface area contributed by atoms with Gasteiger partial charge in [0.15, 0.2) is 0 Å². The first-order valence-electron chi connectivity index (χ1n) is 6.06. The molecule has 0 aliphatic carbocycles. The van der Waals surface area contributed by atoms with Crippen molar-refractivity contribution in [2.24, 2.45) is 11.5 Å². The van der Waals surface area contributed by atoms with Crippen LogP contribution in [0.15, 0.2) is 24.3 Å². The van der Waals surface area contributed by atoms with Crippen molar-refractivity contribution in [3.63, 3.8) is 0 Å². The first-order valence-corrected chi connectivity index (χ1v) is 6.06. The summed E-state index contributed by atoms with van der Waals surface area (Å²) in [5.41, 5.74) is 13.0. The summed E-state index contributed by atoms with van der Waals surface area (Å²) in [7, 11) is 0. The van der Waals surface area contributed by atoms with Gasteiger partial charge in [0.1, 0.15) is 0 Å². The van der Waals surface area contributed by atoms with Crippen LogP contribution in [0.3, 0.4) is 0 Å². The quantitative estimate of drug-likeness (QED) is 0.807. The largest absolute Gasteiger partial charge is 0.334 e. The van der Waals surface area contributed by atoms with Gasteiger partial charge >= 0.3 is 0 Å². The van der Waals surface area contributed by atoms with Gasteiger partial charge in [0, 0.05) is 31.2 Å². The third-order valence-electron chi connectivity index (χ3n) is 3.35. The SMILES string of the molecule is NCc1ccc(C(=O)N2CCC[C@@H]2CN)cc1. The Balaban J connectivity index is 2.13. The molecule has 4 nitrogen and oxygen atoms in total. The molecule has 0 saturated carbocycles. The summed E-state index contributed by atoms with van der Waals surface area (Å²) >= 11 is 0. The number of likely N-dealkylation sites (tertiary alicyclic amines) is 1. The maximum absolute atomic E-state index is 12.3. The lowest BCUT2D eigenvalue weighted by molar-refractivity contribution is 0.0741. The van der Waals surface area contributed by atoms with Crippen molar-refractivity contribution >= 4 is 5.91 Å². The topological polar surface area (TPSA) is 72.4 Å². The molecule has 1 amide bonds. The molecule has 92 valence electrons. The molecule has 1 fully saturated rings. The van der Waals surface area contributed by atoms with Gasteiger partial charge in [-0.25, -0.2) is 0 Å². The van der Waals surface area contributed by atoms with Crippen LogP contribution in [0.2, 0.25) is 0 Å². The van der Waals surface area contributed by atoms with Gasteiger partial charge in [-0.2, -0.15) is 0 Å². The van der Waals surface area contributed by atoms with Gasteiger partial charge in [-0.3, -0.25) is 4.79 Å². The summed E-state index contributed by atoms with van der Waals surface area (Å²) in [5.74, 6) is 0.0847. The third-order valence-corrected chi connectivity index (χ3v) is 3.35. The molecular formula is C13H19N3O. The predicted octanol–water partition coefficient (Wildman–Crippen LogP) is 0.709. The molecule has 1 aliphatic heterocycles. The van der Waals surface area contributed by atoms with E-state index in [4.69, 9.17) is 11.5 Å². The molecule has 1 aromatic rings. The Labute approximate surface area is 102 Å². The molecular weight excluding hydrogens is 214 g/mol. The Morgan fingerprint density at radius 3 is 2.59 bits per heavy atom. The highest BCUT2D eigenvalue weighted by atomic mass is 16.2. The van der Waals surface area contributed by atoms with Crippen molar-refractivity contribution in [3.8, 4) is 0 Å². The Bertz CT molecular complexity index is 388.